The molecule has 3 atom stereocenters. The van der Waals surface area contributed by atoms with Crippen molar-refractivity contribution < 1.29 is 9.53 Å². The van der Waals surface area contributed by atoms with E-state index in [9.17, 15) is 4.79 Å². The second-order valence-electron chi connectivity index (χ2n) is 7.80. The van der Waals surface area contributed by atoms with Crippen LogP contribution >= 0.6 is 11.6 Å². The van der Waals surface area contributed by atoms with E-state index < -0.39 is 0 Å². The summed E-state index contributed by atoms with van der Waals surface area (Å²) in [5.74, 6) is 1.74. The molecule has 0 spiro atoms. The first-order valence-corrected chi connectivity index (χ1v) is 10.6. The Labute approximate surface area is 172 Å². The van der Waals surface area contributed by atoms with Gasteiger partial charge in [-0.3, -0.25) is 9.79 Å². The van der Waals surface area contributed by atoms with Crippen molar-refractivity contribution in [3.63, 3.8) is 0 Å². The number of nitrogens with one attached hydrogen (secondary N) is 3. The van der Waals surface area contributed by atoms with Gasteiger partial charge in [-0.2, -0.15) is 0 Å². The highest BCUT2D eigenvalue weighted by Crippen LogP contribution is 2.27. The second kappa shape index (κ2) is 10.0. The molecule has 0 heterocycles. The van der Waals surface area contributed by atoms with Crippen LogP contribution in [0.1, 0.15) is 45.4 Å². The van der Waals surface area contributed by atoms with Crippen LogP contribution in [0, 0.1) is 5.92 Å². The topological polar surface area (TPSA) is 74.8 Å². The number of rotatable bonds is 7. The summed E-state index contributed by atoms with van der Waals surface area (Å²) >= 11 is 6.15. The Hall–Kier alpha value is -1.95. The van der Waals surface area contributed by atoms with Gasteiger partial charge in [-0.05, 0) is 51.2 Å². The molecule has 0 bridgehead atoms. The lowest BCUT2D eigenvalue weighted by molar-refractivity contribution is -0.126. The summed E-state index contributed by atoms with van der Waals surface area (Å²) in [5.41, 5.74) is 0. The molecule has 0 aliphatic heterocycles. The van der Waals surface area contributed by atoms with Crippen LogP contribution in [0.25, 0.3) is 0 Å². The predicted octanol–water partition coefficient (Wildman–Crippen LogP) is 3.11. The first-order chi connectivity index (χ1) is 13.5. The molecule has 0 saturated heterocycles. The Morgan fingerprint density at radius 2 is 2.00 bits per heavy atom. The van der Waals surface area contributed by atoms with E-state index in [1.165, 1.54) is 0 Å². The minimum atomic E-state index is -0.0677. The average molecular weight is 407 g/mol. The summed E-state index contributed by atoms with van der Waals surface area (Å²) in [6, 6.07) is 8.15. The van der Waals surface area contributed by atoms with Gasteiger partial charge >= 0.3 is 0 Å². The van der Waals surface area contributed by atoms with Crippen molar-refractivity contribution >= 4 is 23.5 Å². The number of para-hydroxylation sites is 1. The van der Waals surface area contributed by atoms with Gasteiger partial charge in [0.15, 0.2) is 5.96 Å². The largest absolute Gasteiger partial charge is 0.487 e. The van der Waals surface area contributed by atoms with Gasteiger partial charge in [0.05, 0.1) is 11.6 Å². The van der Waals surface area contributed by atoms with Gasteiger partial charge in [-0.1, -0.05) is 30.2 Å². The van der Waals surface area contributed by atoms with Crippen molar-refractivity contribution in [3.05, 3.63) is 29.3 Å². The molecule has 7 heteroatoms. The fraction of sp³-hybridized carbons (Fsp3) is 0.619. The summed E-state index contributed by atoms with van der Waals surface area (Å²) in [6.45, 7) is 2.59. The monoisotopic (exact) mass is 406 g/mol. The molecule has 2 fully saturated rings. The van der Waals surface area contributed by atoms with E-state index in [1.54, 1.807) is 7.05 Å². The third kappa shape index (κ3) is 6.30. The average Bonchev–Trinajstić information content (AvgIpc) is 3.51. The molecule has 6 nitrogen and oxygen atoms in total. The standard InChI is InChI=1S/C21H31ClN4O2/c1-14(28-19-9-4-3-8-18(19)22)13-24-21(23-2)26-17-7-5-6-15(12-17)20(27)25-16-10-11-16/h3-4,8-9,14-17H,5-7,10-13H2,1-2H3,(H,25,27)(H2,23,24,26). The van der Waals surface area contributed by atoms with Gasteiger partial charge < -0.3 is 20.7 Å². The molecule has 154 valence electrons. The Morgan fingerprint density at radius 3 is 2.71 bits per heavy atom. The lowest BCUT2D eigenvalue weighted by Crippen LogP contribution is -2.48. The molecule has 2 aliphatic carbocycles. The fourth-order valence-electron chi connectivity index (χ4n) is 3.53. The molecule has 3 rings (SSSR count). The van der Waals surface area contributed by atoms with Gasteiger partial charge in [-0.25, -0.2) is 0 Å². The molecular formula is C21H31ClN4O2. The molecule has 0 aromatic heterocycles. The highest BCUT2D eigenvalue weighted by atomic mass is 35.5. The summed E-state index contributed by atoms with van der Waals surface area (Å²) in [6.07, 6.45) is 6.14. The molecule has 2 aliphatic rings. The Balaban J connectivity index is 1.43. The van der Waals surface area contributed by atoms with E-state index in [0.717, 1.165) is 44.5 Å². The molecule has 1 aromatic rings. The van der Waals surface area contributed by atoms with E-state index in [1.807, 2.05) is 31.2 Å². The summed E-state index contributed by atoms with van der Waals surface area (Å²) in [4.78, 5) is 16.7. The number of hydrogen-bond donors (Lipinski definition) is 3. The van der Waals surface area contributed by atoms with Crippen LogP contribution in [0.4, 0.5) is 0 Å². The van der Waals surface area contributed by atoms with Crippen LogP contribution in [0.3, 0.4) is 0 Å². The Kier molecular flexibility index (Phi) is 7.43. The van der Waals surface area contributed by atoms with Crippen LogP contribution < -0.4 is 20.7 Å². The Morgan fingerprint density at radius 1 is 1.21 bits per heavy atom. The van der Waals surface area contributed by atoms with E-state index in [0.29, 0.717) is 23.4 Å². The van der Waals surface area contributed by atoms with Gasteiger partial charge in [0, 0.05) is 25.0 Å². The summed E-state index contributed by atoms with van der Waals surface area (Å²) < 4.78 is 5.89. The van der Waals surface area contributed by atoms with Crippen molar-refractivity contribution in [2.24, 2.45) is 10.9 Å². The SMILES string of the molecule is CN=C(NCC(C)Oc1ccccc1Cl)NC1CCCC(C(=O)NC2CC2)C1. The zero-order valence-corrected chi connectivity index (χ0v) is 17.5. The van der Waals surface area contributed by atoms with E-state index in [4.69, 9.17) is 16.3 Å². The van der Waals surface area contributed by atoms with Crippen LogP contribution in [-0.4, -0.2) is 43.6 Å². The van der Waals surface area contributed by atoms with Crippen LogP contribution in [0.5, 0.6) is 5.75 Å². The highest BCUT2D eigenvalue weighted by molar-refractivity contribution is 6.32. The maximum absolute atomic E-state index is 12.4. The van der Waals surface area contributed by atoms with E-state index in [-0.39, 0.29) is 24.0 Å². The summed E-state index contributed by atoms with van der Waals surface area (Å²) in [7, 11) is 1.76. The van der Waals surface area contributed by atoms with Gasteiger partial charge in [0.1, 0.15) is 11.9 Å². The molecule has 1 amide bonds. The number of aliphatic imine (C=N–C) groups is 1. The van der Waals surface area contributed by atoms with Crippen molar-refractivity contribution in [2.45, 2.75) is 63.6 Å². The number of halogens is 1. The molecular weight excluding hydrogens is 376 g/mol. The van der Waals surface area contributed by atoms with Crippen molar-refractivity contribution in [3.8, 4) is 5.75 Å². The number of ether oxygens (including phenoxy) is 1. The molecule has 28 heavy (non-hydrogen) atoms. The van der Waals surface area contributed by atoms with E-state index in [2.05, 4.69) is 20.9 Å². The number of benzene rings is 1. The molecule has 3 N–H and O–H groups in total. The smallest absolute Gasteiger partial charge is 0.223 e. The number of amides is 1. The lowest BCUT2D eigenvalue weighted by Gasteiger charge is -2.30. The molecule has 3 unspecified atom stereocenters. The van der Waals surface area contributed by atoms with Crippen molar-refractivity contribution in [2.75, 3.05) is 13.6 Å². The molecule has 2 saturated carbocycles. The minimum absolute atomic E-state index is 0.0677. The first kappa shape index (κ1) is 20.8. The highest BCUT2D eigenvalue weighted by Gasteiger charge is 2.31. The fourth-order valence-corrected chi connectivity index (χ4v) is 3.71. The maximum atomic E-state index is 12.4. The first-order valence-electron chi connectivity index (χ1n) is 10.2. The Bertz CT molecular complexity index is 693. The second-order valence-corrected chi connectivity index (χ2v) is 8.21. The lowest BCUT2D eigenvalue weighted by atomic mass is 9.85. The van der Waals surface area contributed by atoms with Crippen molar-refractivity contribution in [1.29, 1.82) is 0 Å². The summed E-state index contributed by atoms with van der Waals surface area (Å²) in [5, 5.41) is 10.5. The quantitative estimate of drug-likeness (QED) is 0.480. The minimum Gasteiger partial charge on any atom is -0.487 e. The van der Waals surface area contributed by atoms with Gasteiger partial charge in [0.25, 0.3) is 0 Å². The normalized spacial score (nSPS) is 23.6. The number of guanidine groups is 1. The number of carbonyl (C=O) groups excluding carboxylic acids is 1. The van der Waals surface area contributed by atoms with Crippen LogP contribution in [0.15, 0.2) is 29.3 Å². The van der Waals surface area contributed by atoms with Gasteiger partial charge in [0.2, 0.25) is 5.91 Å². The zero-order valence-electron chi connectivity index (χ0n) is 16.7. The third-order valence-corrected chi connectivity index (χ3v) is 5.57. The van der Waals surface area contributed by atoms with E-state index >= 15 is 0 Å². The van der Waals surface area contributed by atoms with Crippen molar-refractivity contribution in [1.82, 2.24) is 16.0 Å². The van der Waals surface area contributed by atoms with Gasteiger partial charge in [-0.15, -0.1) is 0 Å². The third-order valence-electron chi connectivity index (χ3n) is 5.25. The predicted molar refractivity (Wildman–Crippen MR) is 113 cm³/mol. The van der Waals surface area contributed by atoms with Crippen LogP contribution in [-0.2, 0) is 4.79 Å². The van der Waals surface area contributed by atoms with Crippen LogP contribution in [0.2, 0.25) is 5.02 Å². The number of hydrogen-bond acceptors (Lipinski definition) is 3. The molecule has 0 radical (unpaired) electrons. The number of carbonyl (C=O) groups is 1. The molecule has 1 aromatic carbocycles. The maximum Gasteiger partial charge on any atom is 0.223 e. The number of nitrogens with zero attached hydrogens (tertiary/aromatic N) is 1. The zero-order chi connectivity index (χ0) is 19.9.